The number of nitrogens with one attached hydrogen (secondary N) is 2. The second-order valence-electron chi connectivity index (χ2n) is 8.03. The van der Waals surface area contributed by atoms with Gasteiger partial charge in [0.1, 0.15) is 0 Å². The number of hydrogen-bond donors (Lipinski definition) is 2. The first kappa shape index (κ1) is 21.5. The molecule has 5 heteroatoms. The molecule has 1 fully saturated rings. The van der Waals surface area contributed by atoms with Crippen molar-refractivity contribution >= 4 is 11.7 Å². The number of carbonyl (C=O) groups is 1. The summed E-state index contributed by atoms with van der Waals surface area (Å²) in [6.07, 6.45) is 2.24. The molecular weight excluding hydrogens is 336 g/mol. The summed E-state index contributed by atoms with van der Waals surface area (Å²) in [5.74, 6) is 1.15. The smallest absolute Gasteiger partial charge is 0.314 e. The van der Waals surface area contributed by atoms with Gasteiger partial charge in [0, 0.05) is 37.9 Å². The van der Waals surface area contributed by atoms with Crippen LogP contribution in [0.25, 0.3) is 0 Å². The van der Waals surface area contributed by atoms with Crippen molar-refractivity contribution < 1.29 is 4.79 Å². The molecule has 1 aromatic carbocycles. The molecule has 2 rings (SSSR count). The third kappa shape index (κ3) is 7.06. The number of para-hydroxylation sites is 1. The van der Waals surface area contributed by atoms with Crippen molar-refractivity contribution in [2.75, 3.05) is 44.2 Å². The van der Waals surface area contributed by atoms with Crippen LogP contribution >= 0.6 is 0 Å². The third-order valence-electron chi connectivity index (χ3n) is 5.53. The molecule has 0 aliphatic carbocycles. The molecule has 0 saturated carbocycles. The van der Waals surface area contributed by atoms with E-state index in [4.69, 9.17) is 0 Å². The van der Waals surface area contributed by atoms with E-state index in [-0.39, 0.29) is 6.03 Å². The van der Waals surface area contributed by atoms with Crippen LogP contribution in [0, 0.1) is 11.8 Å². The average molecular weight is 375 g/mol. The monoisotopic (exact) mass is 374 g/mol. The van der Waals surface area contributed by atoms with Crippen LogP contribution < -0.4 is 15.5 Å². The molecular formula is C22H38N4O. The second kappa shape index (κ2) is 11.2. The van der Waals surface area contributed by atoms with E-state index in [9.17, 15) is 4.79 Å². The summed E-state index contributed by atoms with van der Waals surface area (Å²) in [6, 6.07) is 10.9. The molecule has 0 radical (unpaired) electrons. The van der Waals surface area contributed by atoms with Crippen molar-refractivity contribution in [2.24, 2.45) is 11.8 Å². The van der Waals surface area contributed by atoms with Crippen molar-refractivity contribution in [1.82, 2.24) is 15.5 Å². The Morgan fingerprint density at radius 2 is 1.89 bits per heavy atom. The number of benzene rings is 1. The van der Waals surface area contributed by atoms with E-state index in [1.807, 2.05) is 6.07 Å². The summed E-state index contributed by atoms with van der Waals surface area (Å²) in [5.41, 5.74) is 1.28. The number of likely N-dealkylation sites (N-methyl/N-ethyl adjacent to an activating group) is 1. The molecule has 2 atom stereocenters. The zero-order valence-corrected chi connectivity index (χ0v) is 17.6. The predicted octanol–water partition coefficient (Wildman–Crippen LogP) is 3.57. The summed E-state index contributed by atoms with van der Waals surface area (Å²) in [5, 5.41) is 6.18. The maximum atomic E-state index is 12.3. The Morgan fingerprint density at radius 1 is 1.19 bits per heavy atom. The Labute approximate surface area is 165 Å². The first-order valence-corrected chi connectivity index (χ1v) is 10.6. The van der Waals surface area contributed by atoms with Crippen LogP contribution in [0.5, 0.6) is 0 Å². The number of carbonyl (C=O) groups excluding carboxylic acids is 1. The average Bonchev–Trinajstić information content (AvgIpc) is 3.14. The molecule has 1 saturated heterocycles. The minimum absolute atomic E-state index is 0.0333. The van der Waals surface area contributed by atoms with Crippen LogP contribution in [0.4, 0.5) is 10.5 Å². The highest BCUT2D eigenvalue weighted by molar-refractivity contribution is 5.73. The van der Waals surface area contributed by atoms with Gasteiger partial charge in [-0.25, -0.2) is 4.79 Å². The quantitative estimate of drug-likeness (QED) is 0.658. The summed E-state index contributed by atoms with van der Waals surface area (Å²) in [4.78, 5) is 17.1. The number of anilines is 1. The number of amides is 2. The first-order valence-electron chi connectivity index (χ1n) is 10.6. The lowest BCUT2D eigenvalue weighted by Gasteiger charge is -2.31. The van der Waals surface area contributed by atoms with Crippen molar-refractivity contribution in [3.05, 3.63) is 30.3 Å². The molecule has 2 amide bonds. The van der Waals surface area contributed by atoms with Gasteiger partial charge >= 0.3 is 6.03 Å². The first-order chi connectivity index (χ1) is 13.0. The molecule has 0 bridgehead atoms. The zero-order chi connectivity index (χ0) is 19.6. The van der Waals surface area contributed by atoms with E-state index >= 15 is 0 Å². The molecule has 0 aromatic heterocycles. The van der Waals surface area contributed by atoms with Crippen LogP contribution in [-0.2, 0) is 0 Å². The molecule has 0 spiro atoms. The van der Waals surface area contributed by atoms with Crippen LogP contribution in [0.2, 0.25) is 0 Å². The van der Waals surface area contributed by atoms with Crippen molar-refractivity contribution in [3.63, 3.8) is 0 Å². The molecule has 1 aliphatic rings. The Hall–Kier alpha value is -1.75. The van der Waals surface area contributed by atoms with Crippen molar-refractivity contribution in [2.45, 2.75) is 46.6 Å². The highest BCUT2D eigenvalue weighted by Gasteiger charge is 2.23. The van der Waals surface area contributed by atoms with Gasteiger partial charge in [0.25, 0.3) is 0 Å². The van der Waals surface area contributed by atoms with Crippen molar-refractivity contribution in [1.29, 1.82) is 0 Å². The molecule has 1 heterocycles. The van der Waals surface area contributed by atoms with Gasteiger partial charge < -0.3 is 15.5 Å². The van der Waals surface area contributed by atoms with Gasteiger partial charge in [-0.2, -0.15) is 0 Å². The number of urea groups is 1. The lowest BCUT2D eigenvalue weighted by Crippen LogP contribution is -2.47. The topological polar surface area (TPSA) is 47.6 Å². The Kier molecular flexibility index (Phi) is 8.92. The summed E-state index contributed by atoms with van der Waals surface area (Å²) < 4.78 is 0. The molecule has 27 heavy (non-hydrogen) atoms. The van der Waals surface area contributed by atoms with E-state index in [1.165, 1.54) is 5.69 Å². The SMILES string of the molecule is CCN(CC)C(CNC(=O)NCC1CCN(c2ccccc2)C1)CC(C)C. The van der Waals surface area contributed by atoms with Gasteiger partial charge in [-0.1, -0.05) is 45.9 Å². The van der Waals surface area contributed by atoms with Crippen molar-refractivity contribution in [3.8, 4) is 0 Å². The molecule has 5 nitrogen and oxygen atoms in total. The van der Waals surface area contributed by atoms with Gasteiger partial charge in [-0.15, -0.1) is 0 Å². The maximum Gasteiger partial charge on any atom is 0.314 e. The lowest BCUT2D eigenvalue weighted by atomic mass is 10.0. The molecule has 2 unspecified atom stereocenters. The normalized spacial score (nSPS) is 18.1. The standard InChI is InChI=1S/C22H38N4O/c1-5-25(6-2)21(14-18(3)4)16-24-22(27)23-15-19-12-13-26(17-19)20-10-8-7-9-11-20/h7-11,18-19,21H,5-6,12-17H2,1-4H3,(H2,23,24,27). The van der Waals surface area contributed by atoms with E-state index in [1.54, 1.807) is 0 Å². The highest BCUT2D eigenvalue weighted by atomic mass is 16.2. The summed E-state index contributed by atoms with van der Waals surface area (Å²) in [7, 11) is 0. The molecule has 2 N–H and O–H groups in total. The fourth-order valence-corrected chi connectivity index (χ4v) is 4.03. The van der Waals surface area contributed by atoms with Crippen LogP contribution in [0.15, 0.2) is 30.3 Å². The molecule has 152 valence electrons. The van der Waals surface area contributed by atoms with Gasteiger partial charge in [-0.3, -0.25) is 4.90 Å². The van der Waals surface area contributed by atoms with Gasteiger partial charge in [-0.05, 0) is 49.9 Å². The number of rotatable bonds is 10. The molecule has 1 aromatic rings. The van der Waals surface area contributed by atoms with E-state index < -0.39 is 0 Å². The minimum Gasteiger partial charge on any atom is -0.371 e. The Bertz CT molecular complexity index is 545. The molecule has 1 aliphatic heterocycles. The maximum absolute atomic E-state index is 12.3. The fraction of sp³-hybridized carbons (Fsp3) is 0.682. The zero-order valence-electron chi connectivity index (χ0n) is 17.6. The number of nitrogens with zero attached hydrogens (tertiary/aromatic N) is 2. The summed E-state index contributed by atoms with van der Waals surface area (Å²) in [6.45, 7) is 14.5. The van der Waals surface area contributed by atoms with E-state index in [2.05, 4.69) is 72.4 Å². The van der Waals surface area contributed by atoms with Gasteiger partial charge in [0.05, 0.1) is 0 Å². The third-order valence-corrected chi connectivity index (χ3v) is 5.53. The largest absolute Gasteiger partial charge is 0.371 e. The van der Waals surface area contributed by atoms with Crippen LogP contribution in [0.3, 0.4) is 0 Å². The number of hydrogen-bond acceptors (Lipinski definition) is 3. The van der Waals surface area contributed by atoms with Gasteiger partial charge in [0.15, 0.2) is 0 Å². The Balaban J connectivity index is 1.72. The predicted molar refractivity (Wildman–Crippen MR) is 114 cm³/mol. The lowest BCUT2D eigenvalue weighted by molar-refractivity contribution is 0.184. The fourth-order valence-electron chi connectivity index (χ4n) is 4.03. The highest BCUT2D eigenvalue weighted by Crippen LogP contribution is 2.22. The van der Waals surface area contributed by atoms with E-state index in [0.29, 0.717) is 24.4 Å². The van der Waals surface area contributed by atoms with Crippen LogP contribution in [-0.4, -0.2) is 56.2 Å². The van der Waals surface area contributed by atoms with Gasteiger partial charge in [0.2, 0.25) is 0 Å². The Morgan fingerprint density at radius 3 is 2.52 bits per heavy atom. The van der Waals surface area contributed by atoms with E-state index in [0.717, 1.165) is 45.6 Å². The second-order valence-corrected chi connectivity index (χ2v) is 8.03. The summed E-state index contributed by atoms with van der Waals surface area (Å²) >= 11 is 0. The minimum atomic E-state index is -0.0333. The van der Waals surface area contributed by atoms with Crippen LogP contribution in [0.1, 0.15) is 40.5 Å².